The van der Waals surface area contributed by atoms with E-state index in [2.05, 4.69) is 4.98 Å². The maximum absolute atomic E-state index is 11.2. The third-order valence-corrected chi connectivity index (χ3v) is 3.75. The molecule has 9 heteroatoms. The third-order valence-electron chi connectivity index (χ3n) is 3.75. The summed E-state index contributed by atoms with van der Waals surface area (Å²) in [6, 6.07) is 15.5. The van der Waals surface area contributed by atoms with Crippen LogP contribution in [0.3, 0.4) is 0 Å². The number of nitrogens with zero attached hydrogens (tertiary/aromatic N) is 4. The van der Waals surface area contributed by atoms with E-state index >= 15 is 0 Å². The number of hydrogen-bond acceptors (Lipinski definition) is 6. The minimum absolute atomic E-state index is 0.0105. The van der Waals surface area contributed by atoms with E-state index in [4.69, 9.17) is 0 Å². The lowest BCUT2D eigenvalue weighted by Gasteiger charge is -1.99. The molecule has 2 aromatic heterocycles. The predicted octanol–water partition coefficient (Wildman–Crippen LogP) is 3.52. The average Bonchev–Trinajstić information content (AvgIpc) is 2.68. The van der Waals surface area contributed by atoms with Crippen LogP contribution in [0, 0.1) is 25.4 Å². The van der Waals surface area contributed by atoms with Crippen molar-refractivity contribution in [3.05, 3.63) is 98.5 Å². The van der Waals surface area contributed by atoms with Gasteiger partial charge in [0.2, 0.25) is 5.52 Å². The van der Waals surface area contributed by atoms with Crippen molar-refractivity contribution in [2.24, 2.45) is 0 Å². The molecule has 0 spiro atoms. The average molecular weight is 364 g/mol. The first kappa shape index (κ1) is 17.7. The Labute approximate surface area is 152 Å². The molecule has 0 saturated carbocycles. The highest BCUT2D eigenvalue weighted by molar-refractivity contribution is 5.80. The minimum atomic E-state index is -0.485. The first-order chi connectivity index (χ1) is 13.0. The van der Waals surface area contributed by atoms with Gasteiger partial charge in [-0.2, -0.15) is 4.73 Å². The molecule has 134 valence electrons. The number of rotatable bonds is 2. The molecule has 0 bridgehead atoms. The van der Waals surface area contributed by atoms with Gasteiger partial charge in [0.15, 0.2) is 6.20 Å². The summed E-state index contributed by atoms with van der Waals surface area (Å²) < 4.78 is 0.680. The molecule has 2 aromatic carbocycles. The van der Waals surface area contributed by atoms with Crippen LogP contribution >= 0.6 is 0 Å². The summed E-state index contributed by atoms with van der Waals surface area (Å²) in [7, 11) is 0. The van der Waals surface area contributed by atoms with Crippen LogP contribution in [0.15, 0.2) is 73.1 Å². The number of nitro groups is 2. The summed E-state index contributed by atoms with van der Waals surface area (Å²) in [6.45, 7) is 0. The van der Waals surface area contributed by atoms with Gasteiger partial charge in [0.1, 0.15) is 0 Å². The van der Waals surface area contributed by atoms with Crippen LogP contribution in [-0.2, 0) is 0 Å². The Hall–Kier alpha value is -4.14. The van der Waals surface area contributed by atoms with Gasteiger partial charge in [0.05, 0.1) is 20.7 Å². The van der Waals surface area contributed by atoms with Crippen LogP contribution in [0.4, 0.5) is 11.4 Å². The van der Waals surface area contributed by atoms with E-state index in [0.717, 1.165) is 10.9 Å². The Morgan fingerprint density at radius 1 is 0.815 bits per heavy atom. The molecule has 2 heterocycles. The van der Waals surface area contributed by atoms with Gasteiger partial charge < -0.3 is 5.21 Å². The zero-order valence-electron chi connectivity index (χ0n) is 13.8. The van der Waals surface area contributed by atoms with Crippen molar-refractivity contribution in [3.8, 4) is 0 Å². The van der Waals surface area contributed by atoms with Gasteiger partial charge in [0, 0.05) is 48.0 Å². The minimum Gasteiger partial charge on any atom is -0.618 e. The summed E-state index contributed by atoms with van der Waals surface area (Å²) in [4.78, 5) is 24.0. The number of non-ortho nitro benzene ring substituents is 2. The summed E-state index contributed by atoms with van der Waals surface area (Å²) in [5.74, 6) is 0. The maximum atomic E-state index is 11.2. The molecule has 0 unspecified atom stereocenters. The second kappa shape index (κ2) is 7.40. The normalized spacial score (nSPS) is 10.2. The molecule has 9 nitrogen and oxygen atoms in total. The summed E-state index contributed by atoms with van der Waals surface area (Å²) >= 11 is 0. The smallest absolute Gasteiger partial charge is 0.270 e. The molecular weight excluding hydrogens is 352 g/mol. The van der Waals surface area contributed by atoms with Gasteiger partial charge in [-0.3, -0.25) is 25.2 Å². The van der Waals surface area contributed by atoms with Crippen LogP contribution in [0.1, 0.15) is 0 Å². The van der Waals surface area contributed by atoms with E-state index in [0.29, 0.717) is 15.6 Å². The maximum Gasteiger partial charge on any atom is 0.270 e. The molecule has 4 aromatic rings. The lowest BCUT2D eigenvalue weighted by Crippen LogP contribution is -2.25. The molecule has 0 aliphatic rings. The van der Waals surface area contributed by atoms with Crippen molar-refractivity contribution < 1.29 is 14.6 Å². The van der Waals surface area contributed by atoms with Crippen LogP contribution in [0.5, 0.6) is 0 Å². The zero-order valence-corrected chi connectivity index (χ0v) is 13.8. The van der Waals surface area contributed by atoms with Crippen LogP contribution in [-0.4, -0.2) is 14.8 Å². The molecule has 0 atom stereocenters. The Kier molecular flexibility index (Phi) is 4.84. The SMILES string of the molecule is O=[N+]([O-])c1ccc2c(ccc[n+]2[O-])c1.O=[N+]([O-])c1ccc2ncccc2c1. The second-order valence-corrected chi connectivity index (χ2v) is 5.47. The fourth-order valence-corrected chi connectivity index (χ4v) is 2.47. The molecule has 0 fully saturated rings. The highest BCUT2D eigenvalue weighted by Gasteiger charge is 2.09. The molecular formula is C18H12N4O5. The van der Waals surface area contributed by atoms with Gasteiger partial charge in [-0.1, -0.05) is 6.07 Å². The van der Waals surface area contributed by atoms with E-state index < -0.39 is 9.85 Å². The number of aromatic nitrogens is 2. The fourth-order valence-electron chi connectivity index (χ4n) is 2.47. The molecule has 0 saturated heterocycles. The van der Waals surface area contributed by atoms with E-state index in [1.165, 1.54) is 36.5 Å². The summed E-state index contributed by atoms with van der Waals surface area (Å²) in [5.41, 5.74) is 1.29. The molecule has 0 aliphatic carbocycles. The Bertz CT molecular complexity index is 1160. The van der Waals surface area contributed by atoms with Gasteiger partial charge in [-0.15, -0.1) is 0 Å². The van der Waals surface area contributed by atoms with E-state index in [9.17, 15) is 25.4 Å². The van der Waals surface area contributed by atoms with Crippen molar-refractivity contribution in [1.29, 1.82) is 0 Å². The van der Waals surface area contributed by atoms with Crippen molar-refractivity contribution in [2.45, 2.75) is 0 Å². The van der Waals surface area contributed by atoms with Gasteiger partial charge in [-0.05, 0) is 18.2 Å². The molecule has 4 rings (SSSR count). The number of nitro benzene ring substituents is 2. The molecule has 27 heavy (non-hydrogen) atoms. The monoisotopic (exact) mass is 364 g/mol. The number of pyridine rings is 2. The first-order valence-electron chi connectivity index (χ1n) is 7.71. The fraction of sp³-hybridized carbons (Fsp3) is 0. The van der Waals surface area contributed by atoms with Crippen LogP contribution in [0.25, 0.3) is 21.8 Å². The standard InChI is InChI=1S/C9H6N2O3.C9H6N2O2/c12-10-5-1-2-7-6-8(11(13)14)3-4-9(7)10;12-11(13)8-3-4-9-7(6-8)2-1-5-10-9/h1-6H;1-6H. The quantitative estimate of drug-likeness (QED) is 0.232. The Balaban J connectivity index is 0.000000156. The van der Waals surface area contributed by atoms with E-state index in [-0.39, 0.29) is 11.4 Å². The van der Waals surface area contributed by atoms with Crippen molar-refractivity contribution in [1.82, 2.24) is 4.98 Å². The number of benzene rings is 2. The van der Waals surface area contributed by atoms with Crippen LogP contribution in [0.2, 0.25) is 0 Å². The predicted molar refractivity (Wildman–Crippen MR) is 98.0 cm³/mol. The largest absolute Gasteiger partial charge is 0.618 e. The highest BCUT2D eigenvalue weighted by atomic mass is 16.6. The van der Waals surface area contributed by atoms with Crippen LogP contribution < -0.4 is 4.73 Å². The Morgan fingerprint density at radius 3 is 2.15 bits per heavy atom. The summed E-state index contributed by atoms with van der Waals surface area (Å²) in [6.07, 6.45) is 3.02. The van der Waals surface area contributed by atoms with E-state index in [1.54, 1.807) is 36.5 Å². The number of fused-ring (bicyclic) bond motifs is 2. The lowest BCUT2D eigenvalue weighted by atomic mass is 10.2. The third kappa shape index (κ3) is 3.93. The number of hydrogen-bond donors (Lipinski definition) is 0. The van der Waals surface area contributed by atoms with Gasteiger partial charge >= 0.3 is 0 Å². The molecule has 0 aliphatic heterocycles. The van der Waals surface area contributed by atoms with E-state index in [1.807, 2.05) is 0 Å². The molecule has 0 N–H and O–H groups in total. The first-order valence-corrected chi connectivity index (χ1v) is 7.71. The molecule has 0 radical (unpaired) electrons. The molecule has 0 amide bonds. The van der Waals surface area contributed by atoms with Crippen molar-refractivity contribution in [3.63, 3.8) is 0 Å². The van der Waals surface area contributed by atoms with Crippen molar-refractivity contribution >= 4 is 33.2 Å². The zero-order chi connectivity index (χ0) is 19.4. The lowest BCUT2D eigenvalue weighted by molar-refractivity contribution is -0.577. The highest BCUT2D eigenvalue weighted by Crippen LogP contribution is 2.18. The van der Waals surface area contributed by atoms with Crippen molar-refractivity contribution in [2.75, 3.05) is 0 Å². The summed E-state index contributed by atoms with van der Waals surface area (Å²) in [5, 5.41) is 33.4. The van der Waals surface area contributed by atoms with Gasteiger partial charge in [0.25, 0.3) is 11.4 Å². The van der Waals surface area contributed by atoms with Gasteiger partial charge in [-0.25, -0.2) is 0 Å². The Morgan fingerprint density at radius 2 is 1.44 bits per heavy atom. The topological polar surface area (TPSA) is 126 Å². The second-order valence-electron chi connectivity index (χ2n) is 5.47.